The molecule has 0 aliphatic rings. The van der Waals surface area contributed by atoms with Gasteiger partial charge in [-0.1, -0.05) is 114 Å². The minimum absolute atomic E-state index is 0.00714. The number of methoxy groups -OCH3 is 3. The van der Waals surface area contributed by atoms with Crippen molar-refractivity contribution >= 4 is 24.7 Å². The third kappa shape index (κ3) is 9.07. The van der Waals surface area contributed by atoms with Crippen LogP contribution in [0.1, 0.15) is 59.9 Å². The minimum atomic E-state index is -2.74. The molecule has 3 rings (SSSR count). The Morgan fingerprint density at radius 3 is 1.83 bits per heavy atom. The average Bonchev–Trinajstić information content (AvgIpc) is 3.05. The Balaban J connectivity index is 1.90. The lowest BCUT2D eigenvalue weighted by Gasteiger charge is -2.44. The summed E-state index contributed by atoms with van der Waals surface area (Å²) in [4.78, 5) is 12.1. The smallest absolute Gasteiger partial charge is 0.308 e. The van der Waals surface area contributed by atoms with Crippen LogP contribution in [0.2, 0.25) is 5.04 Å². The van der Waals surface area contributed by atoms with Gasteiger partial charge in [0, 0.05) is 31.5 Å². The Morgan fingerprint density at radius 2 is 1.37 bits per heavy atom. The Morgan fingerprint density at radius 1 is 0.826 bits per heavy atom. The van der Waals surface area contributed by atoms with E-state index in [-0.39, 0.29) is 23.5 Å². The van der Waals surface area contributed by atoms with E-state index in [9.17, 15) is 9.90 Å². The van der Waals surface area contributed by atoms with Gasteiger partial charge in [0.25, 0.3) is 8.32 Å². The van der Waals surface area contributed by atoms with Gasteiger partial charge in [-0.15, -0.1) is 0 Å². The highest BCUT2D eigenvalue weighted by atomic mass is 28.4. The summed E-state index contributed by atoms with van der Waals surface area (Å²) < 4.78 is 30.1. The van der Waals surface area contributed by atoms with Gasteiger partial charge >= 0.3 is 5.97 Å². The van der Waals surface area contributed by atoms with Crippen molar-refractivity contribution in [1.29, 1.82) is 0 Å². The number of aliphatic hydroxyl groups is 1. The highest BCUT2D eigenvalue weighted by Gasteiger charge is 2.50. The van der Waals surface area contributed by atoms with E-state index >= 15 is 0 Å². The fourth-order valence-corrected chi connectivity index (χ4v) is 10.8. The van der Waals surface area contributed by atoms with E-state index in [1.54, 1.807) is 14.2 Å². The van der Waals surface area contributed by atoms with E-state index in [1.165, 1.54) is 17.5 Å². The summed E-state index contributed by atoms with van der Waals surface area (Å²) in [6, 6.07) is 28.9. The quantitative estimate of drug-likeness (QED) is 0.139. The summed E-state index contributed by atoms with van der Waals surface area (Å²) in [6.07, 6.45) is -1.32. The Hall–Kier alpha value is -3.01. The molecule has 0 heterocycles. The second-order valence-corrected chi connectivity index (χ2v) is 18.0. The predicted molar refractivity (Wildman–Crippen MR) is 186 cm³/mol. The van der Waals surface area contributed by atoms with Crippen LogP contribution in [0.3, 0.4) is 0 Å². The van der Waals surface area contributed by atoms with E-state index in [4.69, 9.17) is 23.4 Å². The fourth-order valence-electron chi connectivity index (χ4n) is 6.12. The first-order valence-corrected chi connectivity index (χ1v) is 18.0. The Labute approximate surface area is 277 Å². The minimum Gasteiger partial charge on any atom is -0.497 e. The molecule has 252 valence electrons. The topological polar surface area (TPSA) is 83.5 Å². The number of hydrogen-bond acceptors (Lipinski definition) is 7. The third-order valence-electron chi connectivity index (χ3n) is 9.25. The summed E-state index contributed by atoms with van der Waals surface area (Å²) in [5.74, 6) is 0.292. The average molecular weight is 651 g/mol. The summed E-state index contributed by atoms with van der Waals surface area (Å²) in [5.41, 5.74) is 0.178. The van der Waals surface area contributed by atoms with Crippen LogP contribution in [0.15, 0.2) is 84.9 Å². The highest BCUT2D eigenvalue weighted by Crippen LogP contribution is 2.38. The monoisotopic (exact) mass is 650 g/mol. The fraction of sp³-hybridized carbons (Fsp3) is 0.500. The molecule has 0 amide bonds. The van der Waals surface area contributed by atoms with Crippen molar-refractivity contribution in [1.82, 2.24) is 0 Å². The molecule has 0 radical (unpaired) electrons. The molecular weight excluding hydrogens is 596 g/mol. The van der Waals surface area contributed by atoms with E-state index in [0.717, 1.165) is 11.3 Å². The van der Waals surface area contributed by atoms with Crippen molar-refractivity contribution in [3.63, 3.8) is 0 Å². The van der Waals surface area contributed by atoms with E-state index < -0.39 is 31.9 Å². The third-order valence-corrected chi connectivity index (χ3v) is 14.3. The molecule has 8 heteroatoms. The van der Waals surface area contributed by atoms with Crippen molar-refractivity contribution < 1.29 is 33.3 Å². The number of carbonyl (C=O) groups is 1. The van der Waals surface area contributed by atoms with Crippen LogP contribution in [0.5, 0.6) is 5.75 Å². The van der Waals surface area contributed by atoms with Crippen LogP contribution in [-0.4, -0.2) is 65.6 Å². The van der Waals surface area contributed by atoms with Crippen molar-refractivity contribution in [3.05, 3.63) is 90.5 Å². The first-order valence-electron chi connectivity index (χ1n) is 16.1. The number of rotatable bonds is 17. The summed E-state index contributed by atoms with van der Waals surface area (Å²) in [6.45, 7) is 13.6. The number of aliphatic hydroxyl groups excluding tert-OH is 1. The number of ether oxygens (including phenoxy) is 4. The lowest BCUT2D eigenvalue weighted by atomic mass is 9.76. The van der Waals surface area contributed by atoms with E-state index in [0.29, 0.717) is 19.6 Å². The molecule has 0 bridgehead atoms. The normalized spacial score (nSPS) is 15.1. The summed E-state index contributed by atoms with van der Waals surface area (Å²) in [5, 5.41) is 13.5. The molecule has 1 N–H and O–H groups in total. The zero-order valence-electron chi connectivity index (χ0n) is 29.1. The maximum atomic E-state index is 12.1. The second kappa shape index (κ2) is 16.7. The predicted octanol–water partition coefficient (Wildman–Crippen LogP) is 6.15. The van der Waals surface area contributed by atoms with Crippen molar-refractivity contribution in [3.8, 4) is 5.75 Å². The molecule has 3 aromatic rings. The highest BCUT2D eigenvalue weighted by molar-refractivity contribution is 6.99. The van der Waals surface area contributed by atoms with Gasteiger partial charge in [-0.05, 0) is 33.1 Å². The first-order chi connectivity index (χ1) is 21.8. The molecule has 0 saturated heterocycles. The standard InChI is InChI=1S/C38H54O7Si/c1-28(26-45-46(37(2,3)4,31-16-12-10-13-17-31)32-18-14-11-15-19-32)33(42-8)24-35(38(5,6)34(39)25-36(40)43-9)44-27-29-20-22-30(41-7)23-21-29/h10-23,28,33-35,39H,24-27H2,1-9H3/t28-,33-,34-,35-/m0/s1. The summed E-state index contributed by atoms with van der Waals surface area (Å²) >= 11 is 0. The van der Waals surface area contributed by atoms with Crippen LogP contribution in [0.4, 0.5) is 0 Å². The van der Waals surface area contributed by atoms with Gasteiger partial charge in [0.05, 0.1) is 45.6 Å². The zero-order chi connectivity index (χ0) is 34.0. The maximum Gasteiger partial charge on any atom is 0.308 e. The molecule has 3 aromatic carbocycles. The van der Waals surface area contributed by atoms with Crippen LogP contribution >= 0.6 is 0 Å². The Bertz CT molecular complexity index is 1280. The Kier molecular flexibility index (Phi) is 13.6. The van der Waals surface area contributed by atoms with Crippen LogP contribution in [-0.2, 0) is 30.0 Å². The van der Waals surface area contributed by atoms with E-state index in [2.05, 4.69) is 76.2 Å². The van der Waals surface area contributed by atoms with Crippen LogP contribution in [0, 0.1) is 11.3 Å². The van der Waals surface area contributed by atoms with Crippen molar-refractivity contribution in [2.24, 2.45) is 11.3 Å². The lowest BCUT2D eigenvalue weighted by Crippen LogP contribution is -2.67. The zero-order valence-corrected chi connectivity index (χ0v) is 30.1. The molecule has 0 aliphatic carbocycles. The molecule has 0 spiro atoms. The molecule has 4 atom stereocenters. The molecule has 7 nitrogen and oxygen atoms in total. The second-order valence-electron chi connectivity index (χ2n) is 13.7. The molecule has 0 saturated carbocycles. The molecule has 0 aliphatic heterocycles. The molecule has 0 unspecified atom stereocenters. The summed E-state index contributed by atoms with van der Waals surface area (Å²) in [7, 11) is 1.93. The van der Waals surface area contributed by atoms with Crippen molar-refractivity contribution in [2.75, 3.05) is 27.9 Å². The molecular formula is C38H54O7Si. The number of esters is 1. The lowest BCUT2D eigenvalue weighted by molar-refractivity contribution is -0.151. The largest absolute Gasteiger partial charge is 0.497 e. The van der Waals surface area contributed by atoms with Crippen molar-refractivity contribution in [2.45, 2.75) is 84.3 Å². The van der Waals surface area contributed by atoms with Gasteiger partial charge in [-0.2, -0.15) is 0 Å². The molecule has 46 heavy (non-hydrogen) atoms. The maximum absolute atomic E-state index is 12.1. The van der Waals surface area contributed by atoms with Gasteiger partial charge in [-0.25, -0.2) is 0 Å². The van der Waals surface area contributed by atoms with Gasteiger partial charge in [0.2, 0.25) is 0 Å². The van der Waals surface area contributed by atoms with Gasteiger partial charge in [0.1, 0.15) is 5.75 Å². The number of hydrogen-bond donors (Lipinski definition) is 1. The number of benzene rings is 3. The van der Waals surface area contributed by atoms with Gasteiger partial charge < -0.3 is 28.5 Å². The molecule has 0 fully saturated rings. The molecule has 0 aromatic heterocycles. The number of carbonyl (C=O) groups excluding carboxylic acids is 1. The van der Waals surface area contributed by atoms with Gasteiger partial charge in [-0.3, -0.25) is 4.79 Å². The van der Waals surface area contributed by atoms with Crippen LogP contribution in [0.25, 0.3) is 0 Å². The van der Waals surface area contributed by atoms with Crippen LogP contribution < -0.4 is 15.1 Å². The SMILES string of the molecule is COC(=O)C[C@H](O)C(C)(C)[C@H](C[C@H](OC)[C@@H](C)CO[Si](c1ccccc1)(c1ccccc1)C(C)(C)C)OCc1ccc(OC)cc1. The first kappa shape index (κ1) is 37.4. The van der Waals surface area contributed by atoms with Gasteiger partial charge in [0.15, 0.2) is 0 Å². The van der Waals surface area contributed by atoms with E-state index in [1.807, 2.05) is 50.2 Å².